The van der Waals surface area contributed by atoms with Crippen LogP contribution in [0.4, 0.5) is 13.2 Å². The van der Waals surface area contributed by atoms with Gasteiger partial charge in [-0.2, -0.15) is 23.5 Å². The van der Waals surface area contributed by atoms with E-state index in [1.165, 1.54) is 12.4 Å². The molecular weight excluding hydrogens is 255 g/mol. The number of hydrogen-bond donors (Lipinski definition) is 0. The van der Waals surface area contributed by atoms with Crippen molar-refractivity contribution in [1.82, 2.24) is 9.78 Å². The lowest BCUT2D eigenvalue weighted by Crippen LogP contribution is -2.17. The van der Waals surface area contributed by atoms with Crippen molar-refractivity contribution in [2.75, 3.05) is 0 Å². The lowest BCUT2D eigenvalue weighted by atomic mass is 10.0. The van der Waals surface area contributed by atoms with Gasteiger partial charge >= 0.3 is 6.18 Å². The molecule has 1 heterocycles. The Morgan fingerprint density at radius 2 is 2.11 bits per heavy atom. The van der Waals surface area contributed by atoms with E-state index < -0.39 is 12.7 Å². The molecule has 3 nitrogen and oxygen atoms in total. The summed E-state index contributed by atoms with van der Waals surface area (Å²) in [6.45, 7) is 0.694. The fourth-order valence-corrected chi connectivity index (χ4v) is 1.83. The molecule has 1 aromatic carbocycles. The zero-order valence-electron chi connectivity index (χ0n) is 10.1. The van der Waals surface area contributed by atoms with Gasteiger partial charge in [-0.25, -0.2) is 0 Å². The van der Waals surface area contributed by atoms with Crippen LogP contribution in [0.5, 0.6) is 0 Å². The lowest BCUT2D eigenvalue weighted by Gasteiger charge is -2.05. The number of nitrogens with zero attached hydrogens (tertiary/aromatic N) is 3. The van der Waals surface area contributed by atoms with E-state index in [-0.39, 0.29) is 0 Å². The third kappa shape index (κ3) is 3.13. The zero-order valence-corrected chi connectivity index (χ0v) is 10.1. The summed E-state index contributed by atoms with van der Waals surface area (Å²) < 4.78 is 37.6. The summed E-state index contributed by atoms with van der Waals surface area (Å²) in [6.07, 6.45) is -1.55. The van der Waals surface area contributed by atoms with Gasteiger partial charge in [0.1, 0.15) is 6.54 Å². The topological polar surface area (TPSA) is 41.6 Å². The van der Waals surface area contributed by atoms with Crippen LogP contribution in [-0.2, 0) is 6.54 Å². The van der Waals surface area contributed by atoms with E-state index >= 15 is 0 Å². The Balaban J connectivity index is 2.31. The summed E-state index contributed by atoms with van der Waals surface area (Å²) in [5, 5.41) is 12.5. The maximum atomic E-state index is 12.2. The van der Waals surface area contributed by atoms with Crippen molar-refractivity contribution in [1.29, 1.82) is 5.26 Å². The van der Waals surface area contributed by atoms with Gasteiger partial charge in [-0.3, -0.25) is 4.68 Å². The Morgan fingerprint density at radius 3 is 2.68 bits per heavy atom. The summed E-state index contributed by atoms with van der Waals surface area (Å²) in [5.74, 6) is 0. The smallest absolute Gasteiger partial charge is 0.263 e. The van der Waals surface area contributed by atoms with Gasteiger partial charge in [-0.15, -0.1) is 0 Å². The Hall–Kier alpha value is -2.29. The fourth-order valence-electron chi connectivity index (χ4n) is 1.83. The van der Waals surface area contributed by atoms with E-state index in [9.17, 15) is 13.2 Å². The monoisotopic (exact) mass is 265 g/mol. The highest BCUT2D eigenvalue weighted by Crippen LogP contribution is 2.25. The molecule has 0 N–H and O–H groups in total. The molecule has 0 amide bonds. The maximum Gasteiger partial charge on any atom is 0.408 e. The summed E-state index contributed by atoms with van der Waals surface area (Å²) in [4.78, 5) is 0. The molecule has 19 heavy (non-hydrogen) atoms. The van der Waals surface area contributed by atoms with Crippen molar-refractivity contribution >= 4 is 0 Å². The van der Waals surface area contributed by atoms with Crippen molar-refractivity contribution in [3.8, 4) is 17.2 Å². The molecule has 1 aromatic heterocycles. The molecule has 0 radical (unpaired) electrons. The number of aryl methyl sites for hydroxylation is 1. The van der Waals surface area contributed by atoms with Gasteiger partial charge < -0.3 is 0 Å². The second kappa shape index (κ2) is 4.76. The van der Waals surface area contributed by atoms with Gasteiger partial charge in [-0.05, 0) is 30.2 Å². The van der Waals surface area contributed by atoms with E-state index in [0.717, 1.165) is 15.8 Å². The van der Waals surface area contributed by atoms with Crippen molar-refractivity contribution in [2.45, 2.75) is 19.6 Å². The number of alkyl halides is 3. The standard InChI is InChI=1S/C13H10F3N3/c1-9-4-10(5-17)2-3-12(9)11-6-18-19(7-11)8-13(14,15)16/h2-4,6-7H,8H2,1H3. The lowest BCUT2D eigenvalue weighted by molar-refractivity contribution is -0.142. The first-order valence-electron chi connectivity index (χ1n) is 5.49. The molecule has 0 spiro atoms. The van der Waals surface area contributed by atoms with Crippen LogP contribution >= 0.6 is 0 Å². The van der Waals surface area contributed by atoms with Crippen LogP contribution in [0.1, 0.15) is 11.1 Å². The second-order valence-electron chi connectivity index (χ2n) is 4.18. The molecule has 0 aliphatic rings. The maximum absolute atomic E-state index is 12.2. The second-order valence-corrected chi connectivity index (χ2v) is 4.18. The Labute approximate surface area is 107 Å². The van der Waals surface area contributed by atoms with Crippen LogP contribution < -0.4 is 0 Å². The first-order valence-corrected chi connectivity index (χ1v) is 5.49. The average Bonchev–Trinajstić information content (AvgIpc) is 2.74. The van der Waals surface area contributed by atoms with Gasteiger partial charge in [0.25, 0.3) is 0 Å². The Morgan fingerprint density at radius 1 is 1.37 bits per heavy atom. The Kier molecular flexibility index (Phi) is 3.30. The van der Waals surface area contributed by atoms with E-state index in [4.69, 9.17) is 5.26 Å². The highest BCUT2D eigenvalue weighted by Gasteiger charge is 2.28. The molecule has 0 unspecified atom stereocenters. The highest BCUT2D eigenvalue weighted by atomic mass is 19.4. The minimum atomic E-state index is -4.29. The van der Waals surface area contributed by atoms with Crippen molar-refractivity contribution < 1.29 is 13.2 Å². The van der Waals surface area contributed by atoms with E-state index in [2.05, 4.69) is 5.10 Å². The van der Waals surface area contributed by atoms with Crippen LogP contribution in [0.25, 0.3) is 11.1 Å². The molecular formula is C13H10F3N3. The largest absolute Gasteiger partial charge is 0.408 e. The first kappa shape index (κ1) is 13.1. The molecule has 0 bridgehead atoms. The SMILES string of the molecule is Cc1cc(C#N)ccc1-c1cnn(CC(F)(F)F)c1. The zero-order chi connectivity index (χ0) is 14.0. The van der Waals surface area contributed by atoms with Crippen LogP contribution in [-0.4, -0.2) is 16.0 Å². The third-order valence-electron chi connectivity index (χ3n) is 2.64. The van der Waals surface area contributed by atoms with Gasteiger partial charge in [0, 0.05) is 11.8 Å². The molecule has 98 valence electrons. The molecule has 0 atom stereocenters. The minimum Gasteiger partial charge on any atom is -0.263 e. The van der Waals surface area contributed by atoms with Crippen LogP contribution in [0.3, 0.4) is 0 Å². The molecule has 2 rings (SSSR count). The van der Waals surface area contributed by atoms with Gasteiger partial charge in [0.15, 0.2) is 0 Å². The first-order chi connectivity index (χ1) is 8.89. The van der Waals surface area contributed by atoms with Crippen molar-refractivity contribution in [3.05, 3.63) is 41.7 Å². The number of nitriles is 1. The van der Waals surface area contributed by atoms with Crippen LogP contribution in [0, 0.1) is 18.3 Å². The van der Waals surface area contributed by atoms with Crippen LogP contribution in [0.15, 0.2) is 30.6 Å². The molecule has 0 aliphatic heterocycles. The summed E-state index contributed by atoms with van der Waals surface area (Å²) >= 11 is 0. The van der Waals surface area contributed by atoms with Gasteiger partial charge in [0.05, 0.1) is 17.8 Å². The molecule has 6 heteroatoms. The summed E-state index contributed by atoms with van der Waals surface area (Å²) in [6, 6.07) is 7.04. The summed E-state index contributed by atoms with van der Waals surface area (Å²) in [7, 11) is 0. The minimum absolute atomic E-state index is 0.518. The van der Waals surface area contributed by atoms with Crippen LogP contribution in [0.2, 0.25) is 0 Å². The van der Waals surface area contributed by atoms with Crippen molar-refractivity contribution in [2.24, 2.45) is 0 Å². The third-order valence-corrected chi connectivity index (χ3v) is 2.64. The highest BCUT2D eigenvalue weighted by molar-refractivity contribution is 5.66. The average molecular weight is 265 g/mol. The van der Waals surface area contributed by atoms with Gasteiger partial charge in [0.2, 0.25) is 0 Å². The molecule has 2 aromatic rings. The quantitative estimate of drug-likeness (QED) is 0.836. The number of hydrogen-bond acceptors (Lipinski definition) is 2. The molecule has 0 fully saturated rings. The number of halogens is 3. The number of aromatic nitrogens is 2. The van der Waals surface area contributed by atoms with E-state index in [1.807, 2.05) is 6.07 Å². The number of rotatable bonds is 2. The normalized spacial score (nSPS) is 11.3. The molecule has 0 saturated carbocycles. The van der Waals surface area contributed by atoms with E-state index in [1.54, 1.807) is 25.1 Å². The molecule has 0 saturated heterocycles. The number of benzene rings is 1. The molecule has 0 aliphatic carbocycles. The van der Waals surface area contributed by atoms with Gasteiger partial charge in [-0.1, -0.05) is 6.07 Å². The van der Waals surface area contributed by atoms with E-state index in [0.29, 0.717) is 11.1 Å². The fraction of sp³-hybridized carbons (Fsp3) is 0.231. The van der Waals surface area contributed by atoms with Crippen molar-refractivity contribution in [3.63, 3.8) is 0 Å². The predicted octanol–water partition coefficient (Wildman–Crippen LogP) is 3.29. The predicted molar refractivity (Wildman–Crippen MR) is 63.2 cm³/mol. The Bertz CT molecular complexity index is 635. The summed E-state index contributed by atoms with van der Waals surface area (Å²) in [5.41, 5.74) is 2.72.